The van der Waals surface area contributed by atoms with Crippen molar-refractivity contribution in [1.29, 1.82) is 0 Å². The van der Waals surface area contributed by atoms with Crippen LogP contribution in [-0.2, 0) is 14.2 Å². The lowest BCUT2D eigenvalue weighted by atomic mass is 10.1. The Hall–Kier alpha value is -0.230. The van der Waals surface area contributed by atoms with Gasteiger partial charge in [0.1, 0.15) is 0 Å². The number of hydrogen-bond acceptors (Lipinski definition) is 5. The van der Waals surface area contributed by atoms with Crippen LogP contribution >= 0.6 is 11.8 Å². The topological polar surface area (TPSA) is 30.9 Å². The Kier molecular flexibility index (Phi) is 20.3. The van der Waals surface area contributed by atoms with Gasteiger partial charge in [0.2, 0.25) is 0 Å². The molecule has 0 aromatic rings. The summed E-state index contributed by atoms with van der Waals surface area (Å²) in [6.45, 7) is 7.77. The first kappa shape index (κ1) is 31.0. The summed E-state index contributed by atoms with van der Waals surface area (Å²) in [4.78, 5) is 2.41. The summed E-state index contributed by atoms with van der Waals surface area (Å²) < 4.78 is 17.8. The highest BCUT2D eigenvalue weighted by Gasteiger charge is 2.25. The maximum absolute atomic E-state index is 5.95. The predicted molar refractivity (Wildman–Crippen MR) is 152 cm³/mol. The Labute approximate surface area is 222 Å². The van der Waals surface area contributed by atoms with Gasteiger partial charge in [0.25, 0.3) is 0 Å². The molecule has 2 unspecified atom stereocenters. The van der Waals surface area contributed by atoms with Crippen molar-refractivity contribution in [2.75, 3.05) is 45.5 Å². The molecule has 2 aliphatic rings. The minimum Gasteiger partial charge on any atom is -0.381 e. The van der Waals surface area contributed by atoms with Gasteiger partial charge in [-0.1, -0.05) is 96.8 Å². The maximum Gasteiger partial charge on any atom is 0.0813 e. The minimum atomic E-state index is 0.279. The third-order valence-electron chi connectivity index (χ3n) is 7.31. The molecule has 1 fully saturated rings. The van der Waals surface area contributed by atoms with E-state index in [1.165, 1.54) is 116 Å². The van der Waals surface area contributed by atoms with Gasteiger partial charge in [-0.15, -0.1) is 11.8 Å². The Balaban J connectivity index is 1.25. The van der Waals surface area contributed by atoms with Crippen LogP contribution in [0.4, 0.5) is 0 Å². The van der Waals surface area contributed by atoms with E-state index in [4.69, 9.17) is 14.2 Å². The fourth-order valence-electron chi connectivity index (χ4n) is 5.02. The second kappa shape index (κ2) is 22.9. The number of unbranched alkanes of at least 4 members (excludes halogenated alkanes) is 15. The van der Waals surface area contributed by atoms with Gasteiger partial charge in [-0.25, -0.2) is 0 Å². The first-order valence-corrected chi connectivity index (χ1v) is 16.2. The molecule has 0 amide bonds. The van der Waals surface area contributed by atoms with Crippen LogP contribution in [0.15, 0.2) is 11.6 Å². The van der Waals surface area contributed by atoms with Gasteiger partial charge in [0.05, 0.1) is 31.8 Å². The minimum absolute atomic E-state index is 0.279. The van der Waals surface area contributed by atoms with E-state index in [2.05, 4.69) is 23.4 Å². The van der Waals surface area contributed by atoms with E-state index in [-0.39, 0.29) is 6.10 Å². The molecule has 0 aromatic carbocycles. The van der Waals surface area contributed by atoms with E-state index in [1.54, 1.807) is 0 Å². The molecule has 0 bridgehead atoms. The SMILES string of the molecule is CCCCCCCCCCCCCCOCC1COC(COCCCCCCCN2C=CSC2)C1. The summed E-state index contributed by atoms with van der Waals surface area (Å²) in [6.07, 6.45) is 26.8. The highest BCUT2D eigenvalue weighted by atomic mass is 32.2. The van der Waals surface area contributed by atoms with Crippen LogP contribution in [0.5, 0.6) is 0 Å². The van der Waals surface area contributed by atoms with Crippen LogP contribution in [0.1, 0.15) is 122 Å². The summed E-state index contributed by atoms with van der Waals surface area (Å²) in [5.41, 5.74) is 0. The Morgan fingerprint density at radius 3 is 1.91 bits per heavy atom. The van der Waals surface area contributed by atoms with E-state index in [0.29, 0.717) is 5.92 Å². The molecule has 0 spiro atoms. The molecule has 0 radical (unpaired) electrons. The maximum atomic E-state index is 5.95. The zero-order chi connectivity index (χ0) is 24.7. The van der Waals surface area contributed by atoms with Crippen LogP contribution in [0, 0.1) is 5.92 Å². The largest absolute Gasteiger partial charge is 0.381 e. The van der Waals surface area contributed by atoms with Gasteiger partial charge in [0, 0.05) is 31.9 Å². The van der Waals surface area contributed by atoms with Gasteiger partial charge in [-0.05, 0) is 31.1 Å². The van der Waals surface area contributed by atoms with Crippen LogP contribution in [0.25, 0.3) is 0 Å². The van der Waals surface area contributed by atoms with Gasteiger partial charge in [0.15, 0.2) is 0 Å². The second-order valence-electron chi connectivity index (χ2n) is 10.8. The summed E-state index contributed by atoms with van der Waals surface area (Å²) in [7, 11) is 0. The van der Waals surface area contributed by atoms with Crippen molar-refractivity contribution in [2.24, 2.45) is 5.92 Å². The first-order valence-electron chi connectivity index (χ1n) is 15.2. The summed E-state index contributed by atoms with van der Waals surface area (Å²) in [5.74, 6) is 1.70. The Bertz CT molecular complexity index is 490. The van der Waals surface area contributed by atoms with Crippen molar-refractivity contribution in [3.8, 4) is 0 Å². The van der Waals surface area contributed by atoms with E-state index in [1.807, 2.05) is 11.8 Å². The molecule has 1 saturated heterocycles. The van der Waals surface area contributed by atoms with Crippen molar-refractivity contribution in [1.82, 2.24) is 4.90 Å². The number of nitrogens with zero attached hydrogens (tertiary/aromatic N) is 1. The van der Waals surface area contributed by atoms with Gasteiger partial charge >= 0.3 is 0 Å². The van der Waals surface area contributed by atoms with Gasteiger partial charge in [-0.3, -0.25) is 0 Å². The zero-order valence-corrected chi connectivity index (χ0v) is 23.9. The lowest BCUT2D eigenvalue weighted by Gasteiger charge is -2.13. The molecule has 2 atom stereocenters. The summed E-state index contributed by atoms with van der Waals surface area (Å²) in [5, 5.41) is 2.20. The average Bonchev–Trinajstić information content (AvgIpc) is 3.55. The molecule has 5 heteroatoms. The molecule has 206 valence electrons. The van der Waals surface area contributed by atoms with E-state index < -0.39 is 0 Å². The van der Waals surface area contributed by atoms with Crippen molar-refractivity contribution in [3.05, 3.63) is 11.6 Å². The third kappa shape index (κ3) is 17.8. The molecule has 0 aliphatic carbocycles. The molecular formula is C30H57NO3S. The van der Waals surface area contributed by atoms with Crippen molar-refractivity contribution in [2.45, 2.75) is 129 Å². The quantitative estimate of drug-likeness (QED) is 0.115. The van der Waals surface area contributed by atoms with E-state index in [9.17, 15) is 0 Å². The molecule has 4 nitrogen and oxygen atoms in total. The smallest absolute Gasteiger partial charge is 0.0813 e. The monoisotopic (exact) mass is 511 g/mol. The van der Waals surface area contributed by atoms with Crippen LogP contribution in [0.3, 0.4) is 0 Å². The first-order chi connectivity index (χ1) is 17.4. The lowest BCUT2D eigenvalue weighted by Crippen LogP contribution is -2.15. The fourth-order valence-corrected chi connectivity index (χ4v) is 5.77. The van der Waals surface area contributed by atoms with Crippen LogP contribution < -0.4 is 0 Å². The second-order valence-corrected chi connectivity index (χ2v) is 11.6. The molecule has 2 aliphatic heterocycles. The van der Waals surface area contributed by atoms with Crippen molar-refractivity contribution < 1.29 is 14.2 Å². The normalized spacial score (nSPS) is 19.9. The molecule has 35 heavy (non-hydrogen) atoms. The predicted octanol–water partition coefficient (Wildman–Crippen LogP) is 8.55. The van der Waals surface area contributed by atoms with Crippen molar-refractivity contribution >= 4 is 11.8 Å². The standard InChI is InChI=1S/C30H57NO3S/c1-2-3-4-5-6-7-8-9-10-11-14-17-21-32-25-29-24-30(34-26-29)27-33-22-18-15-12-13-16-19-31-20-23-35-28-31/h20,23,29-30H,2-19,21-22,24-28H2,1H3. The Morgan fingerprint density at radius 2 is 1.31 bits per heavy atom. The third-order valence-corrected chi connectivity index (χ3v) is 8.10. The van der Waals surface area contributed by atoms with Crippen molar-refractivity contribution in [3.63, 3.8) is 0 Å². The molecule has 0 saturated carbocycles. The molecule has 0 aromatic heterocycles. The average molecular weight is 512 g/mol. The van der Waals surface area contributed by atoms with Gasteiger partial charge < -0.3 is 19.1 Å². The highest BCUT2D eigenvalue weighted by Crippen LogP contribution is 2.21. The molecule has 2 heterocycles. The number of thioether (sulfide) groups is 1. The lowest BCUT2D eigenvalue weighted by molar-refractivity contribution is 0.0141. The van der Waals surface area contributed by atoms with E-state index in [0.717, 1.165) is 45.3 Å². The number of ether oxygens (including phenoxy) is 3. The summed E-state index contributed by atoms with van der Waals surface area (Å²) >= 11 is 1.89. The van der Waals surface area contributed by atoms with Crippen LogP contribution in [0.2, 0.25) is 0 Å². The zero-order valence-electron chi connectivity index (χ0n) is 23.1. The number of rotatable bonds is 25. The molecule has 0 N–H and O–H groups in total. The number of hydrogen-bond donors (Lipinski definition) is 0. The summed E-state index contributed by atoms with van der Waals surface area (Å²) in [6, 6.07) is 0. The molecule has 2 rings (SSSR count). The highest BCUT2D eigenvalue weighted by molar-refractivity contribution is 8.02. The molecular weight excluding hydrogens is 454 g/mol. The Morgan fingerprint density at radius 1 is 0.743 bits per heavy atom. The van der Waals surface area contributed by atoms with Gasteiger partial charge in [-0.2, -0.15) is 0 Å². The van der Waals surface area contributed by atoms with E-state index >= 15 is 0 Å². The van der Waals surface area contributed by atoms with Crippen LogP contribution in [-0.4, -0.2) is 56.5 Å². The fraction of sp³-hybridized carbons (Fsp3) is 0.933.